The highest BCUT2D eigenvalue weighted by Crippen LogP contribution is 2.48. The van der Waals surface area contributed by atoms with Crippen molar-refractivity contribution >= 4 is 11.6 Å². The number of halogens is 1. The van der Waals surface area contributed by atoms with Crippen molar-refractivity contribution in [3.63, 3.8) is 0 Å². The summed E-state index contributed by atoms with van der Waals surface area (Å²) in [5, 5.41) is 0.874. The van der Waals surface area contributed by atoms with Crippen LogP contribution in [0.3, 0.4) is 0 Å². The van der Waals surface area contributed by atoms with E-state index >= 15 is 0 Å². The molecule has 2 nitrogen and oxygen atoms in total. The van der Waals surface area contributed by atoms with Crippen molar-refractivity contribution in [1.82, 2.24) is 0 Å². The molecule has 3 rings (SSSR count). The van der Waals surface area contributed by atoms with E-state index in [1.165, 1.54) is 22.3 Å². The van der Waals surface area contributed by atoms with Gasteiger partial charge in [-0.25, -0.2) is 0 Å². The maximum atomic E-state index is 6.12. The quantitative estimate of drug-likeness (QED) is 0.516. The van der Waals surface area contributed by atoms with E-state index in [0.717, 1.165) is 37.1 Å². The molecule has 0 aromatic carbocycles. The van der Waals surface area contributed by atoms with Crippen LogP contribution in [-0.2, 0) is 9.47 Å². The van der Waals surface area contributed by atoms with Gasteiger partial charge in [-0.15, -0.1) is 0 Å². The first kappa shape index (κ1) is 19.7. The average Bonchev–Trinajstić information content (AvgIpc) is 3.07. The highest BCUT2D eigenvalue weighted by molar-refractivity contribution is 6.31. The van der Waals surface area contributed by atoms with E-state index in [2.05, 4.69) is 58.1 Å². The van der Waals surface area contributed by atoms with Gasteiger partial charge in [0, 0.05) is 11.5 Å². The molecular formula is C23H31ClO2. The highest BCUT2D eigenvalue weighted by atomic mass is 35.5. The van der Waals surface area contributed by atoms with E-state index in [-0.39, 0.29) is 5.41 Å². The van der Waals surface area contributed by atoms with Crippen LogP contribution in [0.15, 0.2) is 57.7 Å². The van der Waals surface area contributed by atoms with Gasteiger partial charge in [0.25, 0.3) is 0 Å². The fourth-order valence-corrected chi connectivity index (χ4v) is 4.40. The summed E-state index contributed by atoms with van der Waals surface area (Å²) in [6.07, 6.45) is 16.1. The molecule has 1 fully saturated rings. The average molecular weight is 375 g/mol. The van der Waals surface area contributed by atoms with Gasteiger partial charge in [0.1, 0.15) is 0 Å². The second-order valence-corrected chi connectivity index (χ2v) is 8.72. The summed E-state index contributed by atoms with van der Waals surface area (Å²) in [5.41, 5.74) is 5.42. The Kier molecular flexibility index (Phi) is 5.96. The van der Waals surface area contributed by atoms with Gasteiger partial charge in [0.05, 0.1) is 13.2 Å². The zero-order chi connectivity index (χ0) is 18.8. The van der Waals surface area contributed by atoms with Crippen LogP contribution in [-0.4, -0.2) is 19.0 Å². The summed E-state index contributed by atoms with van der Waals surface area (Å²) in [7, 11) is 0. The van der Waals surface area contributed by atoms with Crippen molar-refractivity contribution in [2.45, 2.75) is 65.6 Å². The predicted molar refractivity (Wildman–Crippen MR) is 109 cm³/mol. The Morgan fingerprint density at radius 3 is 2.65 bits per heavy atom. The Hall–Kier alpha value is -1.09. The molecule has 1 saturated heterocycles. The van der Waals surface area contributed by atoms with E-state index in [1.807, 2.05) is 0 Å². The fourth-order valence-electron chi connectivity index (χ4n) is 4.14. The molecule has 142 valence electrons. The van der Waals surface area contributed by atoms with E-state index in [4.69, 9.17) is 21.1 Å². The maximum absolute atomic E-state index is 6.12. The minimum Gasteiger partial charge on any atom is -0.344 e. The standard InChI is InChI=1S/C23H31ClO2/c1-17(8-10-19-6-5-7-20(24)16-19)9-11-21-18(2)23(25-14-15-26-23)13-12-22(21,3)4/h7-9,11,16H,5-6,10,12-15H2,1-4H3. The first-order valence-electron chi connectivity index (χ1n) is 9.72. The molecule has 0 aromatic heterocycles. The van der Waals surface area contributed by atoms with E-state index in [9.17, 15) is 0 Å². The Balaban J connectivity index is 1.76. The molecule has 1 spiro atoms. The monoisotopic (exact) mass is 374 g/mol. The summed E-state index contributed by atoms with van der Waals surface area (Å²) in [6.45, 7) is 10.4. The summed E-state index contributed by atoms with van der Waals surface area (Å²) < 4.78 is 12.0. The van der Waals surface area contributed by atoms with E-state index in [1.54, 1.807) is 0 Å². The van der Waals surface area contributed by atoms with Gasteiger partial charge in [0.15, 0.2) is 5.79 Å². The van der Waals surface area contributed by atoms with Gasteiger partial charge in [0.2, 0.25) is 0 Å². The third-order valence-electron chi connectivity index (χ3n) is 5.88. The highest BCUT2D eigenvalue weighted by Gasteiger charge is 2.46. The predicted octanol–water partition coefficient (Wildman–Crippen LogP) is 6.60. The van der Waals surface area contributed by atoms with Gasteiger partial charge in [-0.05, 0) is 62.2 Å². The molecule has 0 amide bonds. The van der Waals surface area contributed by atoms with Crippen LogP contribution in [0.2, 0.25) is 0 Å². The number of hydrogen-bond acceptors (Lipinski definition) is 2. The lowest BCUT2D eigenvalue weighted by Crippen LogP contribution is -2.39. The van der Waals surface area contributed by atoms with Gasteiger partial charge in [-0.2, -0.15) is 0 Å². The third kappa shape index (κ3) is 4.24. The van der Waals surface area contributed by atoms with Crippen molar-refractivity contribution in [1.29, 1.82) is 0 Å². The first-order valence-corrected chi connectivity index (χ1v) is 10.1. The molecule has 0 bridgehead atoms. The van der Waals surface area contributed by atoms with Crippen LogP contribution in [0.4, 0.5) is 0 Å². The number of ether oxygens (including phenoxy) is 2. The van der Waals surface area contributed by atoms with E-state index in [0.29, 0.717) is 13.2 Å². The van der Waals surface area contributed by atoms with Crippen LogP contribution in [0, 0.1) is 5.41 Å². The minimum atomic E-state index is -0.483. The molecular weight excluding hydrogens is 344 g/mol. The van der Waals surface area contributed by atoms with Gasteiger partial charge < -0.3 is 9.47 Å². The normalized spacial score (nSPS) is 25.8. The molecule has 1 aliphatic heterocycles. The van der Waals surface area contributed by atoms with Gasteiger partial charge in [-0.3, -0.25) is 0 Å². The van der Waals surface area contributed by atoms with Crippen LogP contribution in [0.1, 0.15) is 59.8 Å². The van der Waals surface area contributed by atoms with E-state index < -0.39 is 5.79 Å². The number of hydrogen-bond donors (Lipinski definition) is 0. The van der Waals surface area contributed by atoms with Crippen LogP contribution in [0.5, 0.6) is 0 Å². The minimum absolute atomic E-state index is 0.144. The Labute approximate surface area is 163 Å². The van der Waals surface area contributed by atoms with Crippen molar-refractivity contribution < 1.29 is 9.47 Å². The number of rotatable bonds is 4. The largest absolute Gasteiger partial charge is 0.344 e. The van der Waals surface area contributed by atoms with Crippen LogP contribution in [0.25, 0.3) is 0 Å². The summed E-state index contributed by atoms with van der Waals surface area (Å²) in [6, 6.07) is 0. The zero-order valence-electron chi connectivity index (χ0n) is 16.5. The molecule has 0 N–H and O–H groups in total. The Morgan fingerprint density at radius 2 is 1.96 bits per heavy atom. The van der Waals surface area contributed by atoms with Crippen molar-refractivity contribution in [2.24, 2.45) is 5.41 Å². The SMILES string of the molecule is CC(C=CC1=C(C)C2(CCC1(C)C)OCCO2)=CCC1=CC(Cl)=CCC1. The van der Waals surface area contributed by atoms with Gasteiger partial charge in [-0.1, -0.05) is 60.9 Å². The molecule has 1 heterocycles. The molecule has 0 unspecified atom stereocenters. The first-order chi connectivity index (χ1) is 12.3. The molecule has 0 aromatic rings. The van der Waals surface area contributed by atoms with Crippen molar-refractivity contribution in [2.75, 3.05) is 13.2 Å². The van der Waals surface area contributed by atoms with Crippen LogP contribution < -0.4 is 0 Å². The molecule has 3 heteroatoms. The van der Waals surface area contributed by atoms with Crippen molar-refractivity contribution in [3.8, 4) is 0 Å². The molecule has 3 aliphatic rings. The summed E-state index contributed by atoms with van der Waals surface area (Å²) in [5.74, 6) is -0.483. The summed E-state index contributed by atoms with van der Waals surface area (Å²) in [4.78, 5) is 0. The third-order valence-corrected chi connectivity index (χ3v) is 6.15. The van der Waals surface area contributed by atoms with Crippen molar-refractivity contribution in [3.05, 3.63) is 57.7 Å². The van der Waals surface area contributed by atoms with Crippen LogP contribution >= 0.6 is 11.6 Å². The zero-order valence-corrected chi connectivity index (χ0v) is 17.3. The lowest BCUT2D eigenvalue weighted by atomic mass is 9.70. The Morgan fingerprint density at radius 1 is 1.23 bits per heavy atom. The second-order valence-electron chi connectivity index (χ2n) is 8.29. The molecule has 0 atom stereocenters. The topological polar surface area (TPSA) is 18.5 Å². The summed E-state index contributed by atoms with van der Waals surface area (Å²) >= 11 is 6.12. The Bertz CT molecular complexity index is 698. The molecule has 0 radical (unpaired) electrons. The molecule has 26 heavy (non-hydrogen) atoms. The lowest BCUT2D eigenvalue weighted by molar-refractivity contribution is -0.141. The smallest absolute Gasteiger partial charge is 0.191 e. The lowest BCUT2D eigenvalue weighted by Gasteiger charge is -2.42. The molecule has 2 aliphatic carbocycles. The number of allylic oxidation sites excluding steroid dienone is 9. The molecule has 0 saturated carbocycles. The fraction of sp³-hybridized carbons (Fsp3) is 0.565. The maximum Gasteiger partial charge on any atom is 0.191 e. The second kappa shape index (κ2) is 7.88. The van der Waals surface area contributed by atoms with Gasteiger partial charge >= 0.3 is 0 Å².